The van der Waals surface area contributed by atoms with Gasteiger partial charge in [0.15, 0.2) is 6.04 Å². The number of rotatable bonds is 4. The van der Waals surface area contributed by atoms with Crippen LogP contribution >= 0.6 is 22.9 Å². The molecule has 2 aromatic rings. The molecule has 100 valence electrons. The number of thiophene rings is 1. The topological polar surface area (TPSA) is 38.3 Å². The lowest BCUT2D eigenvalue weighted by Gasteiger charge is -2.17. The molecule has 0 aliphatic rings. The minimum absolute atomic E-state index is 0.332. The molecule has 1 heterocycles. The third-order valence-corrected chi connectivity index (χ3v) is 4.05. The molecule has 0 radical (unpaired) electrons. The van der Waals surface area contributed by atoms with Crippen molar-refractivity contribution in [3.8, 4) is 0 Å². The molecule has 0 aliphatic carbocycles. The van der Waals surface area contributed by atoms with Crippen molar-refractivity contribution in [2.75, 3.05) is 12.4 Å². The lowest BCUT2D eigenvalue weighted by Crippen LogP contribution is -2.21. The van der Waals surface area contributed by atoms with Gasteiger partial charge in [-0.05, 0) is 31.2 Å². The summed E-state index contributed by atoms with van der Waals surface area (Å²) in [5, 5.41) is 3.71. The molecule has 0 saturated heterocycles. The molecule has 0 bridgehead atoms. The molecule has 3 nitrogen and oxygen atoms in total. The van der Waals surface area contributed by atoms with Crippen LogP contribution in [0.4, 0.5) is 5.69 Å². The van der Waals surface area contributed by atoms with E-state index in [9.17, 15) is 4.79 Å². The summed E-state index contributed by atoms with van der Waals surface area (Å²) in [6, 6.07) is 10.7. The van der Waals surface area contributed by atoms with Crippen LogP contribution in [0.15, 0.2) is 36.4 Å². The van der Waals surface area contributed by atoms with Gasteiger partial charge in [0.2, 0.25) is 0 Å². The minimum Gasteiger partial charge on any atom is -0.467 e. The Hall–Kier alpha value is -1.52. The van der Waals surface area contributed by atoms with Gasteiger partial charge in [-0.15, -0.1) is 11.3 Å². The Morgan fingerprint density at radius 1 is 1.32 bits per heavy atom. The van der Waals surface area contributed by atoms with E-state index < -0.39 is 6.04 Å². The summed E-state index contributed by atoms with van der Waals surface area (Å²) < 4.78 is 4.85. The smallest absolute Gasteiger partial charge is 0.333 e. The summed E-state index contributed by atoms with van der Waals surface area (Å²) in [4.78, 5) is 14.0. The number of nitrogens with one attached hydrogen (secondary N) is 1. The molecular formula is C14H14ClNO2S. The number of benzene rings is 1. The number of hydrogen-bond acceptors (Lipinski definition) is 4. The molecular weight excluding hydrogens is 282 g/mol. The minimum atomic E-state index is -0.538. The standard InChI is InChI=1S/C14H14ClNO2S/c1-9-7-8-12(19-9)13(14(17)18-2)16-11-6-4-3-5-10(11)15/h3-8,13,16H,1-2H3. The van der Waals surface area contributed by atoms with Crippen molar-refractivity contribution in [3.05, 3.63) is 51.2 Å². The highest BCUT2D eigenvalue weighted by Gasteiger charge is 2.23. The van der Waals surface area contributed by atoms with Crippen LogP contribution in [0.1, 0.15) is 15.8 Å². The molecule has 1 atom stereocenters. The third kappa shape index (κ3) is 3.28. The van der Waals surface area contributed by atoms with Gasteiger partial charge in [-0.1, -0.05) is 23.7 Å². The van der Waals surface area contributed by atoms with Crippen LogP contribution in [0, 0.1) is 6.92 Å². The van der Waals surface area contributed by atoms with Gasteiger partial charge >= 0.3 is 5.97 Å². The molecule has 0 amide bonds. The molecule has 0 saturated carbocycles. The number of carbonyl (C=O) groups is 1. The van der Waals surface area contributed by atoms with Crippen LogP contribution in [0.2, 0.25) is 5.02 Å². The first kappa shape index (κ1) is 13.9. The summed E-state index contributed by atoms with van der Waals surface area (Å²) in [5.74, 6) is -0.332. The fraction of sp³-hybridized carbons (Fsp3) is 0.214. The van der Waals surface area contributed by atoms with Crippen molar-refractivity contribution in [2.24, 2.45) is 0 Å². The van der Waals surface area contributed by atoms with Crippen molar-refractivity contribution in [2.45, 2.75) is 13.0 Å². The first-order valence-electron chi connectivity index (χ1n) is 5.77. The van der Waals surface area contributed by atoms with Gasteiger partial charge in [0.25, 0.3) is 0 Å². The Bertz CT molecular complexity index is 582. The predicted octanol–water partition coefficient (Wildman–Crippen LogP) is 4.04. The van der Waals surface area contributed by atoms with Crippen LogP contribution < -0.4 is 5.32 Å². The van der Waals surface area contributed by atoms with Crippen LogP contribution in [0.5, 0.6) is 0 Å². The zero-order chi connectivity index (χ0) is 13.8. The number of hydrogen-bond donors (Lipinski definition) is 1. The van der Waals surface area contributed by atoms with E-state index in [1.807, 2.05) is 37.3 Å². The quantitative estimate of drug-likeness (QED) is 0.865. The largest absolute Gasteiger partial charge is 0.467 e. The van der Waals surface area contributed by atoms with Crippen LogP contribution in [0.3, 0.4) is 0 Å². The molecule has 1 aromatic carbocycles. The van der Waals surface area contributed by atoms with Crippen molar-refractivity contribution in [1.29, 1.82) is 0 Å². The number of esters is 1. The van der Waals surface area contributed by atoms with Gasteiger partial charge in [-0.3, -0.25) is 0 Å². The van der Waals surface area contributed by atoms with E-state index in [0.29, 0.717) is 10.7 Å². The van der Waals surface area contributed by atoms with Gasteiger partial charge in [-0.2, -0.15) is 0 Å². The lowest BCUT2D eigenvalue weighted by atomic mass is 10.2. The lowest BCUT2D eigenvalue weighted by molar-refractivity contribution is -0.141. The van der Waals surface area contributed by atoms with Gasteiger partial charge < -0.3 is 10.1 Å². The maximum Gasteiger partial charge on any atom is 0.333 e. The van der Waals surface area contributed by atoms with E-state index in [0.717, 1.165) is 9.75 Å². The Kier molecular flexibility index (Phi) is 4.45. The van der Waals surface area contributed by atoms with Crippen LogP contribution in [-0.4, -0.2) is 13.1 Å². The Labute approximate surface area is 121 Å². The molecule has 0 aliphatic heterocycles. The van der Waals surface area contributed by atoms with E-state index in [1.54, 1.807) is 17.4 Å². The second-order valence-electron chi connectivity index (χ2n) is 4.03. The number of methoxy groups -OCH3 is 1. The van der Waals surface area contributed by atoms with Gasteiger partial charge in [0, 0.05) is 9.75 Å². The summed E-state index contributed by atoms with van der Waals surface area (Å²) in [6.45, 7) is 2.00. The van der Waals surface area contributed by atoms with Crippen LogP contribution in [-0.2, 0) is 9.53 Å². The average Bonchev–Trinajstić information content (AvgIpc) is 2.83. The molecule has 2 rings (SSSR count). The number of aryl methyl sites for hydroxylation is 1. The van der Waals surface area contributed by atoms with Gasteiger partial charge in [0.1, 0.15) is 0 Å². The molecule has 1 unspecified atom stereocenters. The number of ether oxygens (including phenoxy) is 1. The second-order valence-corrected chi connectivity index (χ2v) is 5.76. The average molecular weight is 296 g/mol. The van der Waals surface area contributed by atoms with Crippen LogP contribution in [0.25, 0.3) is 0 Å². The molecule has 0 fully saturated rings. The number of para-hydroxylation sites is 1. The number of halogens is 1. The van der Waals surface area contributed by atoms with Crippen molar-refractivity contribution < 1.29 is 9.53 Å². The molecule has 5 heteroatoms. The predicted molar refractivity (Wildman–Crippen MR) is 78.9 cm³/mol. The summed E-state index contributed by atoms with van der Waals surface area (Å²) in [5.41, 5.74) is 0.714. The zero-order valence-corrected chi connectivity index (χ0v) is 12.2. The van der Waals surface area contributed by atoms with E-state index >= 15 is 0 Å². The van der Waals surface area contributed by atoms with Crippen molar-refractivity contribution >= 4 is 34.6 Å². The van der Waals surface area contributed by atoms with Crippen molar-refractivity contribution in [3.63, 3.8) is 0 Å². The molecule has 1 N–H and O–H groups in total. The number of anilines is 1. The SMILES string of the molecule is COC(=O)C(Nc1ccccc1Cl)c1ccc(C)s1. The highest BCUT2D eigenvalue weighted by Crippen LogP contribution is 2.30. The normalized spacial score (nSPS) is 11.9. The highest BCUT2D eigenvalue weighted by molar-refractivity contribution is 7.12. The molecule has 1 aromatic heterocycles. The first-order valence-corrected chi connectivity index (χ1v) is 6.96. The van der Waals surface area contributed by atoms with E-state index in [4.69, 9.17) is 16.3 Å². The maximum absolute atomic E-state index is 11.9. The third-order valence-electron chi connectivity index (χ3n) is 2.66. The summed E-state index contributed by atoms with van der Waals surface area (Å²) in [7, 11) is 1.38. The summed E-state index contributed by atoms with van der Waals surface area (Å²) in [6.07, 6.45) is 0. The summed E-state index contributed by atoms with van der Waals surface area (Å²) >= 11 is 7.66. The van der Waals surface area contributed by atoms with E-state index in [2.05, 4.69) is 5.32 Å². The fourth-order valence-electron chi connectivity index (χ4n) is 1.71. The molecule has 0 spiro atoms. The Morgan fingerprint density at radius 3 is 2.63 bits per heavy atom. The molecule has 19 heavy (non-hydrogen) atoms. The van der Waals surface area contributed by atoms with E-state index in [1.165, 1.54) is 7.11 Å². The first-order chi connectivity index (χ1) is 9.11. The Balaban J connectivity index is 2.29. The second kappa shape index (κ2) is 6.08. The maximum atomic E-state index is 11.9. The van der Waals surface area contributed by atoms with Gasteiger partial charge in [0.05, 0.1) is 17.8 Å². The highest BCUT2D eigenvalue weighted by atomic mass is 35.5. The van der Waals surface area contributed by atoms with Gasteiger partial charge in [-0.25, -0.2) is 4.79 Å². The fourth-order valence-corrected chi connectivity index (χ4v) is 2.81. The monoisotopic (exact) mass is 295 g/mol. The number of carbonyl (C=O) groups excluding carboxylic acids is 1. The Morgan fingerprint density at radius 2 is 2.05 bits per heavy atom. The van der Waals surface area contributed by atoms with Crippen molar-refractivity contribution in [1.82, 2.24) is 0 Å². The zero-order valence-electron chi connectivity index (χ0n) is 10.6. The van der Waals surface area contributed by atoms with E-state index in [-0.39, 0.29) is 5.97 Å².